The van der Waals surface area contributed by atoms with Crippen LogP contribution in [0, 0.1) is 0 Å². The average molecular weight is 715 g/mol. The maximum atomic E-state index is 5.02. The topological polar surface area (TPSA) is 51.6 Å². The molecule has 0 aliphatic heterocycles. The van der Waals surface area contributed by atoms with Gasteiger partial charge < -0.3 is 0 Å². The quantitative estimate of drug-likeness (QED) is 0.154. The smallest absolute Gasteiger partial charge is 0.164 e. The molecule has 0 amide bonds. The minimum atomic E-state index is 0.634. The van der Waals surface area contributed by atoms with Crippen molar-refractivity contribution in [3.63, 3.8) is 0 Å². The fraction of sp³-hybridized carbons (Fsp3) is 0. The predicted octanol–water partition coefficient (Wildman–Crippen LogP) is 13.2. The van der Waals surface area contributed by atoms with Crippen LogP contribution in [0.1, 0.15) is 0 Å². The number of benzene rings is 8. The van der Waals surface area contributed by atoms with Gasteiger partial charge in [0.15, 0.2) is 17.5 Å². The lowest BCUT2D eigenvalue weighted by molar-refractivity contribution is 1.07. The molecule has 0 saturated heterocycles. The van der Waals surface area contributed by atoms with Crippen molar-refractivity contribution in [2.45, 2.75) is 0 Å². The van der Waals surface area contributed by atoms with Gasteiger partial charge in [-0.25, -0.2) is 15.0 Å². The van der Waals surface area contributed by atoms with Crippen molar-refractivity contribution >= 4 is 21.7 Å². The molecule has 0 unspecified atom stereocenters. The first kappa shape index (κ1) is 33.0. The maximum Gasteiger partial charge on any atom is 0.164 e. The van der Waals surface area contributed by atoms with Crippen LogP contribution in [0.2, 0.25) is 0 Å². The minimum absolute atomic E-state index is 0.634. The number of aromatic nitrogens is 4. The van der Waals surface area contributed by atoms with Crippen molar-refractivity contribution in [2.24, 2.45) is 0 Å². The van der Waals surface area contributed by atoms with E-state index in [-0.39, 0.29) is 0 Å². The van der Waals surface area contributed by atoms with Gasteiger partial charge in [0, 0.05) is 33.7 Å². The molecule has 4 heteroatoms. The first-order chi connectivity index (χ1) is 27.7. The summed E-state index contributed by atoms with van der Waals surface area (Å²) in [6.07, 6.45) is 1.87. The highest BCUT2D eigenvalue weighted by atomic mass is 15.0. The molecule has 0 saturated carbocycles. The normalized spacial score (nSPS) is 11.2. The van der Waals surface area contributed by atoms with Gasteiger partial charge in [-0.3, -0.25) is 4.98 Å². The van der Waals surface area contributed by atoms with Crippen molar-refractivity contribution in [3.8, 4) is 78.7 Å². The Kier molecular flexibility index (Phi) is 8.47. The zero-order valence-corrected chi connectivity index (χ0v) is 30.4. The molecule has 0 fully saturated rings. The molecule has 56 heavy (non-hydrogen) atoms. The zero-order chi connectivity index (χ0) is 37.3. The molecule has 0 atom stereocenters. The molecule has 0 N–H and O–H groups in total. The molecule has 10 aromatic rings. The van der Waals surface area contributed by atoms with Gasteiger partial charge in [-0.2, -0.15) is 0 Å². The van der Waals surface area contributed by atoms with E-state index >= 15 is 0 Å². The molecule has 0 radical (unpaired) electrons. The van der Waals surface area contributed by atoms with Crippen molar-refractivity contribution in [1.82, 2.24) is 19.9 Å². The highest BCUT2D eigenvalue weighted by Gasteiger charge is 2.14. The molecule has 4 nitrogen and oxygen atoms in total. The molecule has 2 heterocycles. The summed E-state index contributed by atoms with van der Waals surface area (Å²) in [7, 11) is 0. The SMILES string of the molecule is c1ccc(-c2ccc(-c3nc(-c4ccccc4)nc(-c4cccc(-c5ccc(-c6ccc(-c7cccc8c7ccc7cccnc78)cc6)cc5)c4)n3)cc2)cc1. The molecular weight excluding hydrogens is 681 g/mol. The van der Waals surface area contributed by atoms with E-state index in [1.807, 2.05) is 48.7 Å². The van der Waals surface area contributed by atoms with Crippen molar-refractivity contribution in [3.05, 3.63) is 206 Å². The molecule has 0 aliphatic rings. The number of hydrogen-bond donors (Lipinski definition) is 0. The Balaban J connectivity index is 0.941. The van der Waals surface area contributed by atoms with E-state index in [1.54, 1.807) is 0 Å². The number of hydrogen-bond acceptors (Lipinski definition) is 4. The Labute approximate surface area is 325 Å². The summed E-state index contributed by atoms with van der Waals surface area (Å²) in [5.74, 6) is 1.92. The maximum absolute atomic E-state index is 5.02. The first-order valence-electron chi connectivity index (χ1n) is 18.8. The second-order valence-corrected chi connectivity index (χ2v) is 13.9. The van der Waals surface area contributed by atoms with Gasteiger partial charge in [0.2, 0.25) is 0 Å². The number of nitrogens with zero attached hydrogens (tertiary/aromatic N) is 4. The van der Waals surface area contributed by atoms with E-state index in [0.717, 1.165) is 49.8 Å². The third-order valence-electron chi connectivity index (χ3n) is 10.4. The molecule has 2 aromatic heterocycles. The van der Waals surface area contributed by atoms with Crippen molar-refractivity contribution in [1.29, 1.82) is 0 Å². The Bertz CT molecular complexity index is 2980. The lowest BCUT2D eigenvalue weighted by Crippen LogP contribution is -2.00. The summed E-state index contributed by atoms with van der Waals surface area (Å²) in [5, 5.41) is 3.53. The van der Waals surface area contributed by atoms with Crippen LogP contribution < -0.4 is 0 Å². The summed E-state index contributed by atoms with van der Waals surface area (Å²) in [6.45, 7) is 0. The Hall–Kier alpha value is -7.56. The lowest BCUT2D eigenvalue weighted by atomic mass is 9.94. The Morgan fingerprint density at radius 2 is 0.732 bits per heavy atom. The van der Waals surface area contributed by atoms with Crippen LogP contribution in [0.3, 0.4) is 0 Å². The lowest BCUT2D eigenvalue weighted by Gasteiger charge is -2.11. The first-order valence-corrected chi connectivity index (χ1v) is 18.8. The monoisotopic (exact) mass is 714 g/mol. The van der Waals surface area contributed by atoms with E-state index in [2.05, 4.69) is 163 Å². The van der Waals surface area contributed by atoms with E-state index in [4.69, 9.17) is 15.0 Å². The molecule has 262 valence electrons. The molecular formula is C52H34N4. The van der Waals surface area contributed by atoms with Crippen LogP contribution in [0.15, 0.2) is 206 Å². The van der Waals surface area contributed by atoms with Gasteiger partial charge in [-0.1, -0.05) is 188 Å². The number of fused-ring (bicyclic) bond motifs is 3. The van der Waals surface area contributed by atoms with Crippen LogP contribution >= 0.6 is 0 Å². The molecule has 10 rings (SSSR count). The van der Waals surface area contributed by atoms with E-state index in [1.165, 1.54) is 33.0 Å². The molecule has 0 aliphatic carbocycles. The molecule has 0 spiro atoms. The third-order valence-corrected chi connectivity index (χ3v) is 10.4. The van der Waals surface area contributed by atoms with Crippen LogP contribution in [-0.2, 0) is 0 Å². The van der Waals surface area contributed by atoms with E-state index < -0.39 is 0 Å². The standard InChI is InChI=1S/C52H34N4/c1-3-10-35(11-4-1)36-25-29-43(30-26-36)51-54-50(42-12-5-2-6-13-42)55-52(56-51)45-15-7-14-44(34-45)39-21-19-37(20-22-39)38-23-27-40(28-24-38)46-17-8-18-48-47(46)32-31-41-16-9-33-53-49(41)48/h1-34H. The van der Waals surface area contributed by atoms with Crippen LogP contribution in [0.5, 0.6) is 0 Å². The van der Waals surface area contributed by atoms with Crippen molar-refractivity contribution < 1.29 is 0 Å². The van der Waals surface area contributed by atoms with Crippen LogP contribution in [0.25, 0.3) is 100 Å². The zero-order valence-electron chi connectivity index (χ0n) is 30.4. The third kappa shape index (κ3) is 6.40. The van der Waals surface area contributed by atoms with Gasteiger partial charge in [-0.15, -0.1) is 0 Å². The summed E-state index contributed by atoms with van der Waals surface area (Å²) >= 11 is 0. The Morgan fingerprint density at radius 3 is 1.38 bits per heavy atom. The molecule has 0 bridgehead atoms. The highest BCUT2D eigenvalue weighted by molar-refractivity contribution is 6.10. The number of rotatable bonds is 7. The van der Waals surface area contributed by atoms with E-state index in [0.29, 0.717) is 17.5 Å². The van der Waals surface area contributed by atoms with Gasteiger partial charge >= 0.3 is 0 Å². The molecule has 8 aromatic carbocycles. The predicted molar refractivity (Wildman–Crippen MR) is 231 cm³/mol. The van der Waals surface area contributed by atoms with Gasteiger partial charge in [0.25, 0.3) is 0 Å². The summed E-state index contributed by atoms with van der Waals surface area (Å²) < 4.78 is 0. The summed E-state index contributed by atoms with van der Waals surface area (Å²) in [5.41, 5.74) is 13.1. The summed E-state index contributed by atoms with van der Waals surface area (Å²) in [4.78, 5) is 19.6. The van der Waals surface area contributed by atoms with Crippen LogP contribution in [-0.4, -0.2) is 19.9 Å². The fourth-order valence-electron chi connectivity index (χ4n) is 7.48. The van der Waals surface area contributed by atoms with Crippen molar-refractivity contribution in [2.75, 3.05) is 0 Å². The van der Waals surface area contributed by atoms with Gasteiger partial charge in [0.05, 0.1) is 5.52 Å². The minimum Gasteiger partial charge on any atom is -0.256 e. The fourth-order valence-corrected chi connectivity index (χ4v) is 7.48. The van der Waals surface area contributed by atoms with Gasteiger partial charge in [-0.05, 0) is 62.0 Å². The van der Waals surface area contributed by atoms with Crippen LogP contribution in [0.4, 0.5) is 0 Å². The van der Waals surface area contributed by atoms with E-state index in [9.17, 15) is 0 Å². The second-order valence-electron chi connectivity index (χ2n) is 13.9. The second kappa shape index (κ2) is 14.3. The largest absolute Gasteiger partial charge is 0.256 e. The van der Waals surface area contributed by atoms with Gasteiger partial charge in [0.1, 0.15) is 0 Å². The Morgan fingerprint density at radius 1 is 0.268 bits per heavy atom. The summed E-state index contributed by atoms with van der Waals surface area (Å²) in [6, 6.07) is 69.9. The highest BCUT2D eigenvalue weighted by Crippen LogP contribution is 2.35. The average Bonchev–Trinajstić information content (AvgIpc) is 3.29. The number of pyridine rings is 1.